The summed E-state index contributed by atoms with van der Waals surface area (Å²) in [5.41, 5.74) is 2.78. The Labute approximate surface area is 159 Å². The lowest BCUT2D eigenvalue weighted by molar-refractivity contribution is 0.570. The molecule has 0 bridgehead atoms. The molecular weight excluding hydrogens is 397 g/mol. The first-order chi connectivity index (χ1) is 12.4. The number of aromatic nitrogens is 1. The van der Waals surface area contributed by atoms with Crippen molar-refractivity contribution >= 4 is 44.5 Å². The van der Waals surface area contributed by atoms with Crippen molar-refractivity contribution in [1.29, 1.82) is 0 Å². The molecule has 0 saturated carbocycles. The lowest BCUT2D eigenvalue weighted by Crippen LogP contribution is -2.15. The SMILES string of the molecule is C[C@H](Nc1cc(F)c(S(=O)(=O)Nc2cscn2)cc1Cl)c1ccccc1. The smallest absolute Gasteiger partial charge is 0.266 e. The molecule has 1 atom stereocenters. The van der Waals surface area contributed by atoms with Crippen LogP contribution in [0.25, 0.3) is 0 Å². The second kappa shape index (κ2) is 7.61. The molecule has 5 nitrogen and oxygen atoms in total. The zero-order valence-electron chi connectivity index (χ0n) is 13.6. The molecule has 136 valence electrons. The highest BCUT2D eigenvalue weighted by atomic mass is 35.5. The minimum atomic E-state index is -4.13. The largest absolute Gasteiger partial charge is 0.377 e. The molecule has 2 aromatic carbocycles. The van der Waals surface area contributed by atoms with Crippen LogP contribution in [-0.4, -0.2) is 13.4 Å². The minimum absolute atomic E-state index is 0.104. The standard InChI is InChI=1S/C17H15ClFN3O2S2/c1-11(12-5-3-2-4-6-12)21-15-8-14(19)16(7-13(15)18)26(23,24)22-17-9-25-10-20-17/h2-11,21-22H,1H3/t11-/m0/s1. The van der Waals surface area contributed by atoms with Gasteiger partial charge in [-0.3, -0.25) is 4.72 Å². The molecule has 3 rings (SSSR count). The van der Waals surface area contributed by atoms with Crippen LogP contribution in [0.15, 0.2) is 58.3 Å². The summed E-state index contributed by atoms with van der Waals surface area (Å²) in [6, 6.07) is 11.6. The first-order valence-corrected chi connectivity index (χ1v) is 10.4. The number of thiazole rings is 1. The summed E-state index contributed by atoms with van der Waals surface area (Å²) in [5.74, 6) is -0.773. The number of hydrogen-bond acceptors (Lipinski definition) is 5. The van der Waals surface area contributed by atoms with Crippen molar-refractivity contribution in [1.82, 2.24) is 4.98 Å². The van der Waals surface area contributed by atoms with Gasteiger partial charge in [0.25, 0.3) is 10.0 Å². The van der Waals surface area contributed by atoms with Crippen LogP contribution in [0.1, 0.15) is 18.5 Å². The van der Waals surface area contributed by atoms with Crippen molar-refractivity contribution in [3.8, 4) is 0 Å². The maximum Gasteiger partial charge on any atom is 0.266 e. The van der Waals surface area contributed by atoms with Gasteiger partial charge in [0.2, 0.25) is 0 Å². The van der Waals surface area contributed by atoms with E-state index in [1.54, 1.807) is 0 Å². The van der Waals surface area contributed by atoms with Crippen LogP contribution in [0.5, 0.6) is 0 Å². The van der Waals surface area contributed by atoms with Gasteiger partial charge in [-0.25, -0.2) is 17.8 Å². The highest BCUT2D eigenvalue weighted by molar-refractivity contribution is 7.92. The molecule has 1 heterocycles. The topological polar surface area (TPSA) is 71.1 Å². The van der Waals surface area contributed by atoms with Gasteiger partial charge < -0.3 is 5.32 Å². The van der Waals surface area contributed by atoms with E-state index in [-0.39, 0.29) is 16.9 Å². The Kier molecular flexibility index (Phi) is 5.45. The summed E-state index contributed by atoms with van der Waals surface area (Å²) in [4.78, 5) is 3.30. The fraction of sp³-hybridized carbons (Fsp3) is 0.118. The zero-order chi connectivity index (χ0) is 18.7. The van der Waals surface area contributed by atoms with E-state index in [2.05, 4.69) is 15.0 Å². The van der Waals surface area contributed by atoms with Crippen LogP contribution in [0, 0.1) is 5.82 Å². The van der Waals surface area contributed by atoms with Gasteiger partial charge in [-0.05, 0) is 24.6 Å². The van der Waals surface area contributed by atoms with E-state index in [4.69, 9.17) is 11.6 Å². The minimum Gasteiger partial charge on any atom is -0.377 e. The van der Waals surface area contributed by atoms with Crippen molar-refractivity contribution < 1.29 is 12.8 Å². The molecule has 0 aliphatic rings. The monoisotopic (exact) mass is 411 g/mol. The Morgan fingerprint density at radius 3 is 2.62 bits per heavy atom. The van der Waals surface area contributed by atoms with Crippen LogP contribution in [0.3, 0.4) is 0 Å². The van der Waals surface area contributed by atoms with Crippen LogP contribution in [-0.2, 0) is 10.0 Å². The number of nitrogens with zero attached hydrogens (tertiary/aromatic N) is 1. The Morgan fingerprint density at radius 1 is 1.23 bits per heavy atom. The van der Waals surface area contributed by atoms with Crippen molar-refractivity contribution in [2.24, 2.45) is 0 Å². The van der Waals surface area contributed by atoms with Crippen molar-refractivity contribution in [3.05, 3.63) is 69.8 Å². The zero-order valence-corrected chi connectivity index (χ0v) is 16.0. The molecule has 0 saturated heterocycles. The second-order valence-electron chi connectivity index (χ2n) is 5.52. The number of benzene rings is 2. The summed E-state index contributed by atoms with van der Waals surface area (Å²) in [7, 11) is -4.13. The maximum atomic E-state index is 14.5. The Hall–Kier alpha value is -2.16. The van der Waals surface area contributed by atoms with E-state index < -0.39 is 20.7 Å². The summed E-state index contributed by atoms with van der Waals surface area (Å²) in [6.07, 6.45) is 0. The second-order valence-corrected chi connectivity index (χ2v) is 8.30. The van der Waals surface area contributed by atoms with Gasteiger partial charge in [0.05, 0.1) is 16.2 Å². The summed E-state index contributed by atoms with van der Waals surface area (Å²) in [5, 5.41) is 4.71. The summed E-state index contributed by atoms with van der Waals surface area (Å²) in [6.45, 7) is 1.90. The van der Waals surface area contributed by atoms with Crippen molar-refractivity contribution in [3.63, 3.8) is 0 Å². The van der Waals surface area contributed by atoms with Gasteiger partial charge >= 0.3 is 0 Å². The van der Waals surface area contributed by atoms with Gasteiger partial charge in [0.1, 0.15) is 10.7 Å². The number of halogens is 2. The van der Waals surface area contributed by atoms with Gasteiger partial charge in [-0.1, -0.05) is 41.9 Å². The fourth-order valence-corrected chi connectivity index (χ4v) is 4.29. The Balaban J connectivity index is 1.86. The molecule has 0 unspecified atom stereocenters. The predicted octanol–water partition coefficient (Wildman–Crippen LogP) is 4.91. The number of anilines is 2. The molecule has 1 aromatic heterocycles. The Bertz CT molecular complexity index is 996. The highest BCUT2D eigenvalue weighted by Crippen LogP contribution is 2.31. The van der Waals surface area contributed by atoms with Crippen molar-refractivity contribution in [2.75, 3.05) is 10.0 Å². The Morgan fingerprint density at radius 2 is 1.96 bits per heavy atom. The lowest BCUT2D eigenvalue weighted by atomic mass is 10.1. The van der Waals surface area contributed by atoms with Gasteiger partial charge in [0.15, 0.2) is 5.82 Å². The van der Waals surface area contributed by atoms with E-state index in [9.17, 15) is 12.8 Å². The number of sulfonamides is 1. The first-order valence-electron chi connectivity index (χ1n) is 7.58. The molecular formula is C17H15ClFN3O2S2. The van der Waals surface area contributed by atoms with Crippen molar-refractivity contribution in [2.45, 2.75) is 17.9 Å². The average Bonchev–Trinajstić information content (AvgIpc) is 3.10. The predicted molar refractivity (Wildman–Crippen MR) is 103 cm³/mol. The van der Waals surface area contributed by atoms with Gasteiger partial charge in [0, 0.05) is 11.4 Å². The molecule has 0 aliphatic carbocycles. The molecule has 9 heteroatoms. The fourth-order valence-electron chi connectivity index (χ4n) is 2.36. The third-order valence-corrected chi connectivity index (χ3v) is 5.92. The first kappa shape index (κ1) is 18.6. The van der Waals surface area contributed by atoms with E-state index in [1.165, 1.54) is 22.2 Å². The van der Waals surface area contributed by atoms with E-state index >= 15 is 0 Å². The molecule has 0 spiro atoms. The quantitative estimate of drug-likeness (QED) is 0.604. The van der Waals surface area contributed by atoms with Crippen LogP contribution < -0.4 is 10.0 Å². The average molecular weight is 412 g/mol. The summed E-state index contributed by atoms with van der Waals surface area (Å²) >= 11 is 7.41. The molecule has 26 heavy (non-hydrogen) atoms. The van der Waals surface area contributed by atoms with E-state index in [0.717, 1.165) is 17.7 Å². The summed E-state index contributed by atoms with van der Waals surface area (Å²) < 4.78 is 41.4. The number of rotatable bonds is 6. The molecule has 0 amide bonds. The molecule has 2 N–H and O–H groups in total. The van der Waals surface area contributed by atoms with Crippen LogP contribution in [0.2, 0.25) is 5.02 Å². The van der Waals surface area contributed by atoms with E-state index in [1.807, 2.05) is 37.3 Å². The molecule has 0 aliphatic heterocycles. The molecule has 0 fully saturated rings. The number of hydrogen-bond donors (Lipinski definition) is 2. The van der Waals surface area contributed by atoms with Gasteiger partial charge in [-0.15, -0.1) is 11.3 Å². The lowest BCUT2D eigenvalue weighted by Gasteiger charge is -2.18. The van der Waals surface area contributed by atoms with Crippen LogP contribution >= 0.6 is 22.9 Å². The number of nitrogens with one attached hydrogen (secondary N) is 2. The van der Waals surface area contributed by atoms with Gasteiger partial charge in [-0.2, -0.15) is 0 Å². The third-order valence-electron chi connectivity index (χ3n) is 3.65. The highest BCUT2D eigenvalue weighted by Gasteiger charge is 2.22. The maximum absolute atomic E-state index is 14.5. The van der Waals surface area contributed by atoms with Crippen LogP contribution in [0.4, 0.5) is 15.9 Å². The normalized spacial score (nSPS) is 12.6. The molecule has 0 radical (unpaired) electrons. The van der Waals surface area contributed by atoms with E-state index in [0.29, 0.717) is 5.69 Å². The third kappa shape index (κ3) is 4.14. The molecule has 3 aromatic rings.